The molecule has 0 saturated heterocycles. The molecule has 2 aromatic rings. The van der Waals surface area contributed by atoms with Crippen molar-refractivity contribution >= 4 is 23.5 Å². The van der Waals surface area contributed by atoms with Gasteiger partial charge in [-0.15, -0.1) is 0 Å². The molecule has 0 aliphatic rings. The van der Waals surface area contributed by atoms with Gasteiger partial charge in [-0.25, -0.2) is 9.59 Å². The second-order valence-electron chi connectivity index (χ2n) is 6.60. The zero-order valence-corrected chi connectivity index (χ0v) is 15.4. The Balaban J connectivity index is 2.19. The van der Waals surface area contributed by atoms with Gasteiger partial charge in [-0.1, -0.05) is 24.3 Å². The van der Waals surface area contributed by atoms with Crippen molar-refractivity contribution in [3.05, 3.63) is 70.8 Å². The van der Waals surface area contributed by atoms with Crippen molar-refractivity contribution in [2.45, 2.75) is 12.8 Å². The van der Waals surface area contributed by atoms with Gasteiger partial charge in [0.1, 0.15) is 5.41 Å². The number of benzene rings is 2. The van der Waals surface area contributed by atoms with Gasteiger partial charge < -0.3 is 20.4 Å². The van der Waals surface area contributed by atoms with Crippen LogP contribution in [0.4, 0.5) is 0 Å². The van der Waals surface area contributed by atoms with Crippen LogP contribution in [0.3, 0.4) is 0 Å². The second-order valence-corrected chi connectivity index (χ2v) is 6.60. The smallest absolute Gasteiger partial charge is 0.335 e. The number of rotatable bonds is 10. The van der Waals surface area contributed by atoms with Crippen LogP contribution in [0.25, 0.3) is 0 Å². The third kappa shape index (κ3) is 4.92. The molecule has 2 aromatic carbocycles. The van der Waals surface area contributed by atoms with E-state index < -0.39 is 42.1 Å². The third-order valence-corrected chi connectivity index (χ3v) is 4.74. The van der Waals surface area contributed by atoms with Crippen LogP contribution >= 0.6 is 0 Å². The maximum Gasteiger partial charge on any atom is 0.335 e. The van der Waals surface area contributed by atoms with Gasteiger partial charge in [0.2, 0.25) is 0 Å². The van der Waals surface area contributed by atoms with E-state index in [1.54, 1.807) is 0 Å². The highest BCUT2D eigenvalue weighted by molar-refractivity contribution is 6.08. The Bertz CT molecular complexity index is 835. The van der Waals surface area contributed by atoms with Crippen molar-refractivity contribution in [2.24, 2.45) is 5.41 Å². The van der Waals surface area contributed by atoms with E-state index in [4.69, 9.17) is 10.2 Å². The fourth-order valence-electron chi connectivity index (χ4n) is 2.80. The lowest BCUT2D eigenvalue weighted by molar-refractivity contribution is -0.146. The van der Waals surface area contributed by atoms with Crippen molar-refractivity contribution in [2.75, 3.05) is 13.2 Å². The zero-order valence-electron chi connectivity index (χ0n) is 15.4. The summed E-state index contributed by atoms with van der Waals surface area (Å²) in [7, 11) is 0. The molecule has 0 spiro atoms. The summed E-state index contributed by atoms with van der Waals surface area (Å²) in [6, 6.07) is 11.0. The van der Waals surface area contributed by atoms with Crippen LogP contribution in [0.15, 0.2) is 48.5 Å². The Kier molecular flexibility index (Phi) is 6.98. The van der Waals surface area contributed by atoms with E-state index in [0.29, 0.717) is 11.1 Å². The number of carboxylic acid groups (broad SMARTS) is 2. The first-order chi connectivity index (χ1) is 13.7. The molecule has 0 aromatic heterocycles. The van der Waals surface area contributed by atoms with E-state index >= 15 is 0 Å². The molecule has 0 bridgehead atoms. The fourth-order valence-corrected chi connectivity index (χ4v) is 2.80. The largest absolute Gasteiger partial charge is 0.478 e. The van der Waals surface area contributed by atoms with Gasteiger partial charge in [0.15, 0.2) is 11.6 Å². The molecule has 0 amide bonds. The molecule has 0 atom stereocenters. The van der Waals surface area contributed by atoms with Gasteiger partial charge in [-0.05, 0) is 35.4 Å². The maximum atomic E-state index is 12.8. The first-order valence-electron chi connectivity index (χ1n) is 8.66. The number of aliphatic hydroxyl groups is 2. The van der Waals surface area contributed by atoms with Crippen LogP contribution in [0.2, 0.25) is 0 Å². The first kappa shape index (κ1) is 21.9. The molecule has 8 nitrogen and oxygen atoms in total. The van der Waals surface area contributed by atoms with Gasteiger partial charge in [-0.3, -0.25) is 9.59 Å². The van der Waals surface area contributed by atoms with Gasteiger partial charge in [0.05, 0.1) is 24.3 Å². The average Bonchev–Trinajstić information content (AvgIpc) is 2.70. The molecule has 0 aliphatic carbocycles. The molecule has 0 heterocycles. The van der Waals surface area contributed by atoms with Gasteiger partial charge in [-0.2, -0.15) is 0 Å². The highest BCUT2D eigenvalue weighted by atomic mass is 16.4. The molecular weight excluding hydrogens is 380 g/mol. The standard InChI is InChI=1S/C21H20O8/c22-11-21(12-23,17(24)9-13-1-5-15(6-2-13)19(26)27)18(25)10-14-3-7-16(8-4-14)20(28)29/h1-8,22-23H,9-12H2,(H,26,27)(H,28,29). The normalized spacial score (nSPS) is 11.1. The van der Waals surface area contributed by atoms with Gasteiger partial charge in [0.25, 0.3) is 0 Å². The lowest BCUT2D eigenvalue weighted by Gasteiger charge is -2.27. The molecule has 0 saturated carbocycles. The summed E-state index contributed by atoms with van der Waals surface area (Å²) < 4.78 is 0. The zero-order chi connectivity index (χ0) is 21.6. The molecule has 4 N–H and O–H groups in total. The molecule has 2 rings (SSSR count). The monoisotopic (exact) mass is 400 g/mol. The van der Waals surface area contributed by atoms with E-state index in [0.717, 1.165) is 0 Å². The summed E-state index contributed by atoms with van der Waals surface area (Å²) >= 11 is 0. The SMILES string of the molecule is O=C(O)c1ccc(CC(=O)C(CO)(CO)C(=O)Cc2ccc(C(=O)O)cc2)cc1. The number of carbonyl (C=O) groups is 4. The number of ketones is 2. The minimum Gasteiger partial charge on any atom is -0.478 e. The summed E-state index contributed by atoms with van der Waals surface area (Å²) in [5.74, 6) is -3.63. The van der Waals surface area contributed by atoms with E-state index in [9.17, 15) is 29.4 Å². The lowest BCUT2D eigenvalue weighted by atomic mass is 9.76. The third-order valence-electron chi connectivity index (χ3n) is 4.74. The van der Waals surface area contributed by atoms with Gasteiger partial charge >= 0.3 is 11.9 Å². The molecular formula is C21H20O8. The topological polar surface area (TPSA) is 149 Å². The van der Waals surface area contributed by atoms with Crippen LogP contribution in [0.1, 0.15) is 31.8 Å². The Hall–Kier alpha value is -3.36. The predicted octanol–water partition coefficient (Wildman–Crippen LogP) is 0.977. The number of hydrogen-bond acceptors (Lipinski definition) is 6. The number of aromatic carboxylic acids is 2. The number of hydrogen-bond donors (Lipinski definition) is 4. The number of carboxylic acids is 2. The molecule has 0 fully saturated rings. The number of Topliss-reactive ketones (excluding diaryl/α,β-unsaturated/α-hetero) is 2. The highest BCUT2D eigenvalue weighted by Crippen LogP contribution is 2.24. The number of aliphatic hydroxyl groups excluding tert-OH is 2. The summed E-state index contributed by atoms with van der Waals surface area (Å²) in [5, 5.41) is 37.3. The van der Waals surface area contributed by atoms with Crippen LogP contribution in [0, 0.1) is 5.41 Å². The van der Waals surface area contributed by atoms with Crippen molar-refractivity contribution in [1.29, 1.82) is 0 Å². The quantitative estimate of drug-likeness (QED) is 0.431. The van der Waals surface area contributed by atoms with Crippen molar-refractivity contribution < 1.29 is 39.6 Å². The second kappa shape index (κ2) is 9.22. The minimum absolute atomic E-state index is 0.0395. The van der Waals surface area contributed by atoms with Crippen LogP contribution in [-0.2, 0) is 22.4 Å². The van der Waals surface area contributed by atoms with Gasteiger partial charge in [0, 0.05) is 12.8 Å². The highest BCUT2D eigenvalue weighted by Gasteiger charge is 2.43. The van der Waals surface area contributed by atoms with Crippen molar-refractivity contribution in [1.82, 2.24) is 0 Å². The van der Waals surface area contributed by atoms with Crippen molar-refractivity contribution in [3.8, 4) is 0 Å². The Labute approximate surface area is 166 Å². The van der Waals surface area contributed by atoms with E-state index in [-0.39, 0.29) is 24.0 Å². The van der Waals surface area contributed by atoms with E-state index in [1.807, 2.05) is 0 Å². The van der Waals surface area contributed by atoms with E-state index in [1.165, 1.54) is 48.5 Å². The van der Waals surface area contributed by atoms with Crippen LogP contribution in [-0.4, -0.2) is 57.1 Å². The van der Waals surface area contributed by atoms with Crippen LogP contribution < -0.4 is 0 Å². The predicted molar refractivity (Wildman–Crippen MR) is 101 cm³/mol. The average molecular weight is 400 g/mol. The molecule has 0 radical (unpaired) electrons. The Morgan fingerprint density at radius 2 is 0.931 bits per heavy atom. The molecule has 152 valence electrons. The minimum atomic E-state index is -2.02. The molecule has 8 heteroatoms. The molecule has 0 aliphatic heterocycles. The molecule has 0 unspecified atom stereocenters. The first-order valence-corrected chi connectivity index (χ1v) is 8.66. The van der Waals surface area contributed by atoms with Crippen LogP contribution in [0.5, 0.6) is 0 Å². The summed E-state index contributed by atoms with van der Waals surface area (Å²) in [4.78, 5) is 47.3. The summed E-state index contributed by atoms with van der Waals surface area (Å²) in [5.41, 5.74) is -1.07. The van der Waals surface area contributed by atoms with E-state index in [2.05, 4.69) is 0 Å². The lowest BCUT2D eigenvalue weighted by Crippen LogP contribution is -2.47. The Morgan fingerprint density at radius 3 is 1.17 bits per heavy atom. The fraction of sp³-hybridized carbons (Fsp3) is 0.238. The molecule has 29 heavy (non-hydrogen) atoms. The van der Waals surface area contributed by atoms with Crippen molar-refractivity contribution in [3.63, 3.8) is 0 Å². The number of carbonyl (C=O) groups excluding carboxylic acids is 2. The summed E-state index contributed by atoms with van der Waals surface area (Å²) in [6.45, 7) is -1.77. The maximum absolute atomic E-state index is 12.8. The summed E-state index contributed by atoms with van der Waals surface area (Å²) in [6.07, 6.45) is -0.546. The Morgan fingerprint density at radius 1 is 0.621 bits per heavy atom.